The summed E-state index contributed by atoms with van der Waals surface area (Å²) in [6, 6.07) is 6.53. The highest BCUT2D eigenvalue weighted by molar-refractivity contribution is 5.91. The Labute approximate surface area is 144 Å². The predicted octanol–water partition coefficient (Wildman–Crippen LogP) is 1.94. The Bertz CT molecular complexity index is 842. The fourth-order valence-electron chi connectivity index (χ4n) is 3.12. The van der Waals surface area contributed by atoms with E-state index in [1.807, 2.05) is 0 Å². The minimum absolute atomic E-state index is 0.176. The number of carbonyl (C=O) groups is 2. The van der Waals surface area contributed by atoms with Crippen LogP contribution in [0.25, 0.3) is 5.69 Å². The van der Waals surface area contributed by atoms with Gasteiger partial charge in [0, 0.05) is 17.3 Å². The molecule has 1 fully saturated rings. The van der Waals surface area contributed by atoms with Crippen LogP contribution in [0.4, 0.5) is 4.39 Å². The Balaban J connectivity index is 1.56. The van der Waals surface area contributed by atoms with Crippen LogP contribution in [0.2, 0.25) is 0 Å². The van der Waals surface area contributed by atoms with Gasteiger partial charge in [0.25, 0.3) is 5.91 Å². The van der Waals surface area contributed by atoms with E-state index >= 15 is 0 Å². The number of rotatable bonds is 5. The summed E-state index contributed by atoms with van der Waals surface area (Å²) in [5, 5.41) is 7.04. The molecule has 1 aromatic heterocycles. The molecule has 6 nitrogen and oxygen atoms in total. The van der Waals surface area contributed by atoms with Crippen molar-refractivity contribution < 1.29 is 18.7 Å². The van der Waals surface area contributed by atoms with Gasteiger partial charge in [-0.25, -0.2) is 13.9 Å². The first kappa shape index (κ1) is 15.8. The zero-order chi connectivity index (χ0) is 17.4. The second-order valence-corrected chi connectivity index (χ2v) is 6.41. The Kier molecular flexibility index (Phi) is 3.99. The van der Waals surface area contributed by atoms with Crippen molar-refractivity contribution in [2.45, 2.75) is 38.1 Å². The fraction of sp³-hybridized carbons (Fsp3) is 0.389. The number of benzene rings is 1. The number of hydrogen-bond acceptors (Lipinski definition) is 4. The van der Waals surface area contributed by atoms with Crippen molar-refractivity contribution in [1.29, 1.82) is 0 Å². The van der Waals surface area contributed by atoms with Gasteiger partial charge in [-0.1, -0.05) is 12.1 Å². The van der Waals surface area contributed by atoms with Crippen molar-refractivity contribution in [2.75, 3.05) is 6.61 Å². The van der Waals surface area contributed by atoms with Gasteiger partial charge in [-0.2, -0.15) is 5.10 Å². The van der Waals surface area contributed by atoms with Crippen LogP contribution in [0.3, 0.4) is 0 Å². The van der Waals surface area contributed by atoms with Gasteiger partial charge in [0.15, 0.2) is 12.3 Å². The van der Waals surface area contributed by atoms with Gasteiger partial charge in [-0.05, 0) is 44.2 Å². The molecule has 1 heterocycles. The second-order valence-electron chi connectivity index (χ2n) is 6.41. The van der Waals surface area contributed by atoms with Crippen molar-refractivity contribution >= 4 is 11.9 Å². The summed E-state index contributed by atoms with van der Waals surface area (Å²) >= 11 is 0. The molecule has 0 aliphatic heterocycles. The zero-order valence-corrected chi connectivity index (χ0v) is 13.6. The number of esters is 1. The second kappa shape index (κ2) is 6.31. The van der Waals surface area contributed by atoms with Gasteiger partial charge in [-0.15, -0.1) is 0 Å². The Morgan fingerprint density at radius 3 is 2.84 bits per heavy atom. The van der Waals surface area contributed by atoms with E-state index in [9.17, 15) is 14.0 Å². The lowest BCUT2D eigenvalue weighted by atomic mass is 10.2. The highest BCUT2D eigenvalue weighted by Crippen LogP contribution is 2.29. The molecule has 4 rings (SSSR count). The summed E-state index contributed by atoms with van der Waals surface area (Å²) in [7, 11) is 0. The lowest BCUT2D eigenvalue weighted by molar-refractivity contribution is -0.124. The predicted molar refractivity (Wildman–Crippen MR) is 87.0 cm³/mol. The number of hydrogen-bond donors (Lipinski definition) is 1. The smallest absolute Gasteiger partial charge is 0.359 e. The first-order valence-electron chi connectivity index (χ1n) is 8.45. The molecule has 1 saturated carbocycles. The number of aromatic nitrogens is 2. The topological polar surface area (TPSA) is 73.2 Å². The van der Waals surface area contributed by atoms with Crippen molar-refractivity contribution in [3.05, 3.63) is 47.0 Å². The van der Waals surface area contributed by atoms with Crippen LogP contribution in [0.5, 0.6) is 0 Å². The summed E-state index contributed by atoms with van der Waals surface area (Å²) in [6.45, 7) is -0.323. The summed E-state index contributed by atoms with van der Waals surface area (Å²) < 4.78 is 20.7. The first-order valence-corrected chi connectivity index (χ1v) is 8.45. The van der Waals surface area contributed by atoms with Crippen LogP contribution in [0.1, 0.15) is 41.0 Å². The number of nitrogens with zero attached hydrogens (tertiary/aromatic N) is 2. The number of halogens is 1. The normalized spacial score (nSPS) is 15.7. The third-order valence-electron chi connectivity index (χ3n) is 4.48. The molecular formula is C18H18FN3O3. The molecule has 1 N–H and O–H groups in total. The summed E-state index contributed by atoms with van der Waals surface area (Å²) in [4.78, 5) is 24.0. The molecule has 2 aromatic rings. The van der Waals surface area contributed by atoms with Crippen molar-refractivity contribution in [3.63, 3.8) is 0 Å². The molecule has 2 aliphatic carbocycles. The molecular weight excluding hydrogens is 325 g/mol. The molecule has 1 aromatic carbocycles. The van der Waals surface area contributed by atoms with Crippen LogP contribution < -0.4 is 5.32 Å². The minimum atomic E-state index is -0.640. The third-order valence-corrected chi connectivity index (χ3v) is 4.48. The maximum Gasteiger partial charge on any atom is 0.359 e. The average Bonchev–Trinajstić information content (AvgIpc) is 3.15. The Morgan fingerprint density at radius 1 is 1.28 bits per heavy atom. The third kappa shape index (κ3) is 3.14. The summed E-state index contributed by atoms with van der Waals surface area (Å²) in [5.74, 6) is -1.34. The molecule has 0 saturated heterocycles. The minimum Gasteiger partial charge on any atom is -0.451 e. The molecule has 1 amide bonds. The van der Waals surface area contributed by atoms with E-state index in [1.54, 1.807) is 18.2 Å². The molecule has 25 heavy (non-hydrogen) atoms. The van der Waals surface area contributed by atoms with E-state index in [0.29, 0.717) is 12.1 Å². The number of fused-ring (bicyclic) bond motifs is 1. The van der Waals surface area contributed by atoms with Gasteiger partial charge in [0.05, 0.1) is 0 Å². The fourth-order valence-corrected chi connectivity index (χ4v) is 3.12. The lowest BCUT2D eigenvalue weighted by Gasteiger charge is -2.06. The standard InChI is InChI=1S/C18H18FN3O3/c19-13-5-1-2-6-15(13)22-14-7-3-4-12(14)17(21-22)18(24)25-10-16(23)20-11-8-9-11/h1-2,5-6,11H,3-4,7-10H2,(H,20,23). The molecule has 0 unspecified atom stereocenters. The van der Waals surface area contributed by atoms with E-state index in [4.69, 9.17) is 4.74 Å². The van der Waals surface area contributed by atoms with Gasteiger partial charge in [0.1, 0.15) is 11.5 Å². The quantitative estimate of drug-likeness (QED) is 0.842. The number of para-hydroxylation sites is 1. The highest BCUT2D eigenvalue weighted by Gasteiger charge is 2.29. The summed E-state index contributed by atoms with van der Waals surface area (Å²) in [6.07, 6.45) is 4.25. The molecule has 2 aliphatic rings. The van der Waals surface area contributed by atoms with Gasteiger partial charge < -0.3 is 10.1 Å². The van der Waals surface area contributed by atoms with E-state index in [1.165, 1.54) is 10.7 Å². The number of ether oxygens (including phenoxy) is 1. The van der Waals surface area contributed by atoms with Crippen LogP contribution >= 0.6 is 0 Å². The number of amides is 1. The summed E-state index contributed by atoms with van der Waals surface area (Å²) in [5.41, 5.74) is 2.11. The van der Waals surface area contributed by atoms with Gasteiger partial charge >= 0.3 is 5.97 Å². The first-order chi connectivity index (χ1) is 12.1. The van der Waals surface area contributed by atoms with Crippen LogP contribution in [-0.2, 0) is 22.4 Å². The van der Waals surface area contributed by atoms with E-state index in [2.05, 4.69) is 10.4 Å². The Hall–Kier alpha value is -2.70. The molecule has 0 radical (unpaired) electrons. The molecule has 130 valence electrons. The van der Waals surface area contributed by atoms with Gasteiger partial charge in [0.2, 0.25) is 0 Å². The van der Waals surface area contributed by atoms with Crippen molar-refractivity contribution in [3.8, 4) is 5.69 Å². The van der Waals surface area contributed by atoms with Crippen molar-refractivity contribution in [2.24, 2.45) is 0 Å². The number of carbonyl (C=O) groups excluding carboxylic acids is 2. The van der Waals surface area contributed by atoms with E-state index < -0.39 is 11.8 Å². The SMILES string of the molecule is O=C(COC(=O)c1nn(-c2ccccc2F)c2c1CCC2)NC1CC1. The monoisotopic (exact) mass is 343 g/mol. The maximum absolute atomic E-state index is 14.1. The molecule has 0 atom stereocenters. The van der Waals surface area contributed by atoms with E-state index in [-0.39, 0.29) is 24.2 Å². The number of nitrogens with one attached hydrogen (secondary N) is 1. The molecule has 7 heteroatoms. The largest absolute Gasteiger partial charge is 0.451 e. The van der Waals surface area contributed by atoms with Crippen LogP contribution in [0, 0.1) is 5.82 Å². The lowest BCUT2D eigenvalue weighted by Crippen LogP contribution is -2.30. The highest BCUT2D eigenvalue weighted by atomic mass is 19.1. The zero-order valence-electron chi connectivity index (χ0n) is 13.6. The van der Waals surface area contributed by atoms with Crippen molar-refractivity contribution in [1.82, 2.24) is 15.1 Å². The molecule has 0 spiro atoms. The van der Waals surface area contributed by atoms with Crippen LogP contribution in [-0.4, -0.2) is 34.3 Å². The maximum atomic E-state index is 14.1. The molecule has 0 bridgehead atoms. The van der Waals surface area contributed by atoms with Crippen LogP contribution in [0.15, 0.2) is 24.3 Å². The van der Waals surface area contributed by atoms with E-state index in [0.717, 1.165) is 36.9 Å². The Morgan fingerprint density at radius 2 is 2.08 bits per heavy atom. The average molecular weight is 343 g/mol. The van der Waals surface area contributed by atoms with Gasteiger partial charge in [-0.3, -0.25) is 4.79 Å².